The van der Waals surface area contributed by atoms with Gasteiger partial charge in [-0.25, -0.2) is 9.78 Å². The fourth-order valence-corrected chi connectivity index (χ4v) is 3.74. The highest BCUT2D eigenvalue weighted by Gasteiger charge is 2.28. The number of nitrogens with zero attached hydrogens (tertiary/aromatic N) is 2. The van der Waals surface area contributed by atoms with Crippen LogP contribution in [0.3, 0.4) is 0 Å². The van der Waals surface area contributed by atoms with Crippen molar-refractivity contribution in [2.75, 3.05) is 20.3 Å². The first kappa shape index (κ1) is 19.9. The normalized spacial score (nSPS) is 12.5. The van der Waals surface area contributed by atoms with E-state index in [4.69, 9.17) is 21.1 Å². The van der Waals surface area contributed by atoms with Gasteiger partial charge in [0, 0.05) is 18.7 Å². The topological polar surface area (TPSA) is 73.3 Å². The number of benzene rings is 2. The Morgan fingerprint density at radius 1 is 1.13 bits per heavy atom. The summed E-state index contributed by atoms with van der Waals surface area (Å²) in [5, 5.41) is 2.83. The molecule has 0 spiro atoms. The summed E-state index contributed by atoms with van der Waals surface area (Å²) >= 11 is 5.75. The van der Waals surface area contributed by atoms with Crippen LogP contribution in [0, 0.1) is 0 Å². The lowest BCUT2D eigenvalue weighted by Crippen LogP contribution is -2.26. The van der Waals surface area contributed by atoms with Crippen LogP contribution in [0.2, 0.25) is 5.28 Å². The van der Waals surface area contributed by atoms with Crippen molar-refractivity contribution in [2.24, 2.45) is 0 Å². The highest BCUT2D eigenvalue weighted by atomic mass is 35.5. The minimum atomic E-state index is -0.471. The van der Waals surface area contributed by atoms with Crippen LogP contribution < -0.4 is 10.1 Å². The minimum Gasteiger partial charge on any atom is -0.480 e. The van der Waals surface area contributed by atoms with Crippen molar-refractivity contribution >= 4 is 23.8 Å². The standard InChI is InChI=1S/C23H20ClN3O3/c1-29-21-15(13-26-22(24)27-21)7-6-12-25-23(28)30-14-20-18-10-4-2-8-16(18)17-9-3-5-11-19(17)20/h2-11,13,20H,12,14H2,1H3,(H,25,28). The molecule has 0 saturated heterocycles. The Balaban J connectivity index is 1.34. The summed E-state index contributed by atoms with van der Waals surface area (Å²) in [5.41, 5.74) is 5.42. The molecule has 0 radical (unpaired) electrons. The molecule has 0 fully saturated rings. The number of rotatable bonds is 6. The van der Waals surface area contributed by atoms with Crippen molar-refractivity contribution in [3.8, 4) is 17.0 Å². The average molecular weight is 422 g/mol. The number of amides is 1. The molecule has 7 heteroatoms. The highest BCUT2D eigenvalue weighted by Crippen LogP contribution is 2.44. The van der Waals surface area contributed by atoms with Crippen LogP contribution in [0.25, 0.3) is 17.2 Å². The molecule has 6 nitrogen and oxygen atoms in total. The summed E-state index contributed by atoms with van der Waals surface area (Å²) in [5.74, 6) is 0.404. The SMILES string of the molecule is COc1nc(Cl)ncc1C=CCNC(=O)OCC1c2ccccc2-c2ccccc21. The Bertz CT molecular complexity index is 1060. The van der Waals surface area contributed by atoms with Crippen molar-refractivity contribution in [1.29, 1.82) is 0 Å². The second-order valence-corrected chi connectivity index (χ2v) is 7.05. The molecule has 0 atom stereocenters. The second kappa shape index (κ2) is 8.97. The third-order valence-electron chi connectivity index (χ3n) is 4.95. The van der Waals surface area contributed by atoms with Gasteiger partial charge in [0.2, 0.25) is 11.2 Å². The van der Waals surface area contributed by atoms with Crippen LogP contribution in [0.1, 0.15) is 22.6 Å². The summed E-state index contributed by atoms with van der Waals surface area (Å²) in [6, 6.07) is 16.5. The van der Waals surface area contributed by atoms with Crippen molar-refractivity contribution in [2.45, 2.75) is 5.92 Å². The average Bonchev–Trinajstić information content (AvgIpc) is 3.10. The molecule has 0 saturated carbocycles. The first-order chi connectivity index (χ1) is 14.7. The Morgan fingerprint density at radius 2 is 1.80 bits per heavy atom. The molecule has 1 aliphatic carbocycles. The summed E-state index contributed by atoms with van der Waals surface area (Å²) in [4.78, 5) is 20.1. The van der Waals surface area contributed by atoms with E-state index in [0.717, 1.165) is 0 Å². The zero-order chi connectivity index (χ0) is 20.9. The van der Waals surface area contributed by atoms with E-state index in [-0.39, 0.29) is 17.8 Å². The molecular formula is C23H20ClN3O3. The number of nitrogens with one attached hydrogen (secondary N) is 1. The number of aromatic nitrogens is 2. The number of hydrogen-bond donors (Lipinski definition) is 1. The van der Waals surface area contributed by atoms with Crippen molar-refractivity contribution in [1.82, 2.24) is 15.3 Å². The van der Waals surface area contributed by atoms with E-state index in [0.29, 0.717) is 18.0 Å². The number of hydrogen-bond acceptors (Lipinski definition) is 5. The van der Waals surface area contributed by atoms with Gasteiger partial charge in [-0.2, -0.15) is 4.98 Å². The van der Waals surface area contributed by atoms with E-state index in [9.17, 15) is 4.79 Å². The predicted octanol–water partition coefficient (Wildman–Crippen LogP) is 4.69. The summed E-state index contributed by atoms with van der Waals surface area (Å²) < 4.78 is 10.7. The van der Waals surface area contributed by atoms with E-state index in [2.05, 4.69) is 39.6 Å². The number of halogens is 1. The first-order valence-corrected chi connectivity index (χ1v) is 9.87. The zero-order valence-electron chi connectivity index (χ0n) is 16.3. The van der Waals surface area contributed by atoms with Gasteiger partial charge in [0.25, 0.3) is 0 Å². The number of fused-ring (bicyclic) bond motifs is 3. The van der Waals surface area contributed by atoms with E-state index in [1.54, 1.807) is 18.3 Å². The van der Waals surface area contributed by atoms with Crippen molar-refractivity contribution in [3.63, 3.8) is 0 Å². The number of carbonyl (C=O) groups is 1. The van der Waals surface area contributed by atoms with Crippen LogP contribution in [0.4, 0.5) is 4.79 Å². The molecule has 4 rings (SSSR count). The Kier molecular flexibility index (Phi) is 5.95. The van der Waals surface area contributed by atoms with Crippen molar-refractivity contribution < 1.29 is 14.3 Å². The molecule has 0 aliphatic heterocycles. The molecule has 3 aromatic rings. The van der Waals surface area contributed by atoms with Gasteiger partial charge in [0.05, 0.1) is 12.7 Å². The fraction of sp³-hybridized carbons (Fsp3) is 0.174. The van der Waals surface area contributed by atoms with Gasteiger partial charge in [-0.3, -0.25) is 0 Å². The lowest BCUT2D eigenvalue weighted by atomic mass is 9.98. The molecule has 1 aromatic heterocycles. The monoisotopic (exact) mass is 421 g/mol. The lowest BCUT2D eigenvalue weighted by Gasteiger charge is -2.14. The molecule has 30 heavy (non-hydrogen) atoms. The largest absolute Gasteiger partial charge is 0.480 e. The molecule has 1 aliphatic rings. The number of methoxy groups -OCH3 is 1. The summed E-state index contributed by atoms with van der Waals surface area (Å²) in [6.07, 6.45) is 4.59. The zero-order valence-corrected chi connectivity index (χ0v) is 17.1. The third-order valence-corrected chi connectivity index (χ3v) is 5.13. The van der Waals surface area contributed by atoms with Gasteiger partial charge in [-0.15, -0.1) is 0 Å². The second-order valence-electron chi connectivity index (χ2n) is 6.71. The maximum atomic E-state index is 12.2. The molecule has 2 aromatic carbocycles. The fourth-order valence-electron chi connectivity index (χ4n) is 3.61. The first-order valence-electron chi connectivity index (χ1n) is 9.49. The molecule has 1 heterocycles. The summed E-state index contributed by atoms with van der Waals surface area (Å²) in [7, 11) is 1.50. The van der Waals surface area contributed by atoms with Gasteiger partial charge < -0.3 is 14.8 Å². The molecule has 0 unspecified atom stereocenters. The van der Waals surface area contributed by atoms with Crippen molar-refractivity contribution in [3.05, 3.63) is 82.8 Å². The predicted molar refractivity (Wildman–Crippen MR) is 116 cm³/mol. The van der Waals surface area contributed by atoms with Crippen LogP contribution in [-0.2, 0) is 4.74 Å². The quantitative estimate of drug-likeness (QED) is 0.584. The Morgan fingerprint density at radius 3 is 2.47 bits per heavy atom. The molecular weight excluding hydrogens is 402 g/mol. The molecule has 152 valence electrons. The van der Waals surface area contributed by atoms with E-state index in [1.165, 1.54) is 29.4 Å². The molecule has 0 bridgehead atoms. The van der Waals surface area contributed by atoms with Gasteiger partial charge in [0.1, 0.15) is 6.61 Å². The maximum absolute atomic E-state index is 12.2. The highest BCUT2D eigenvalue weighted by molar-refractivity contribution is 6.28. The maximum Gasteiger partial charge on any atom is 0.407 e. The third kappa shape index (κ3) is 4.14. The Labute approximate surface area is 179 Å². The number of alkyl carbamates (subject to hydrolysis) is 1. The summed E-state index contributed by atoms with van der Waals surface area (Å²) in [6.45, 7) is 0.574. The van der Waals surface area contributed by atoms with Crippen LogP contribution >= 0.6 is 11.6 Å². The van der Waals surface area contributed by atoms with E-state index < -0.39 is 6.09 Å². The van der Waals surface area contributed by atoms with Gasteiger partial charge in [0.15, 0.2) is 0 Å². The molecule has 1 amide bonds. The van der Waals surface area contributed by atoms with Crippen LogP contribution in [0.5, 0.6) is 5.88 Å². The smallest absolute Gasteiger partial charge is 0.407 e. The van der Waals surface area contributed by atoms with Gasteiger partial charge in [-0.05, 0) is 33.9 Å². The minimum absolute atomic E-state index is 0.0363. The Hall–Kier alpha value is -3.38. The van der Waals surface area contributed by atoms with Gasteiger partial charge in [-0.1, -0.05) is 60.7 Å². The number of ether oxygens (including phenoxy) is 2. The van der Waals surface area contributed by atoms with E-state index in [1.807, 2.05) is 24.3 Å². The number of carbonyl (C=O) groups excluding carboxylic acids is 1. The van der Waals surface area contributed by atoms with Gasteiger partial charge >= 0.3 is 6.09 Å². The van der Waals surface area contributed by atoms with Crippen LogP contribution in [-0.4, -0.2) is 36.3 Å². The molecule has 1 N–H and O–H groups in total. The van der Waals surface area contributed by atoms with Crippen LogP contribution in [0.15, 0.2) is 60.8 Å². The lowest BCUT2D eigenvalue weighted by molar-refractivity contribution is 0.144. The van der Waals surface area contributed by atoms with E-state index >= 15 is 0 Å².